The van der Waals surface area contributed by atoms with E-state index in [1.807, 2.05) is 44.2 Å². The van der Waals surface area contributed by atoms with E-state index in [-0.39, 0.29) is 5.91 Å². The van der Waals surface area contributed by atoms with Crippen LogP contribution in [0.2, 0.25) is 0 Å². The second kappa shape index (κ2) is 9.57. The van der Waals surface area contributed by atoms with Crippen LogP contribution < -0.4 is 10.1 Å². The van der Waals surface area contributed by atoms with Crippen LogP contribution in [0, 0.1) is 13.8 Å². The number of carbonyl (C=O) groups is 1. The average Bonchev–Trinajstić information content (AvgIpc) is 3.21. The highest BCUT2D eigenvalue weighted by Gasteiger charge is 2.15. The number of rotatable bonds is 4. The summed E-state index contributed by atoms with van der Waals surface area (Å²) in [7, 11) is 0. The van der Waals surface area contributed by atoms with Gasteiger partial charge in [0, 0.05) is 11.8 Å². The van der Waals surface area contributed by atoms with Gasteiger partial charge in [-0.05, 0) is 49.7 Å². The molecule has 1 N–H and O–H groups in total. The predicted octanol–water partition coefficient (Wildman–Crippen LogP) is 4.21. The lowest BCUT2D eigenvalue weighted by Crippen LogP contribution is -2.13. The maximum atomic E-state index is 12.6. The van der Waals surface area contributed by atoms with Crippen LogP contribution in [0.1, 0.15) is 21.5 Å². The van der Waals surface area contributed by atoms with Crippen molar-refractivity contribution in [2.75, 3.05) is 5.32 Å². The average molecular weight is 423 g/mol. The summed E-state index contributed by atoms with van der Waals surface area (Å²) >= 11 is -0.750. The Morgan fingerprint density at radius 3 is 2.37 bits per heavy atom. The number of hydrogen-bond donors (Lipinski definition) is 1. The molecule has 0 fully saturated rings. The Labute approximate surface area is 175 Å². The van der Waals surface area contributed by atoms with Crippen LogP contribution in [-0.2, 0) is 11.6 Å². The molecule has 2 aromatic heterocycles. The van der Waals surface area contributed by atoms with Crippen molar-refractivity contribution in [2.24, 2.45) is 0 Å². The van der Waals surface area contributed by atoms with Crippen molar-refractivity contribution in [3.8, 4) is 11.5 Å². The number of benzene rings is 2. The van der Waals surface area contributed by atoms with E-state index >= 15 is 0 Å². The smallest absolute Gasteiger partial charge is 0.335 e. The molecule has 4 aromatic rings. The third kappa shape index (κ3) is 5.15. The van der Waals surface area contributed by atoms with E-state index in [2.05, 4.69) is 15.3 Å². The van der Waals surface area contributed by atoms with E-state index in [0.717, 1.165) is 11.1 Å². The maximum absolute atomic E-state index is 12.6. The first-order valence-electron chi connectivity index (χ1n) is 8.77. The highest BCUT2D eigenvalue weighted by Crippen LogP contribution is 2.31. The number of aromatic nitrogens is 2. The number of fused-ring (bicyclic) bond motifs is 1. The van der Waals surface area contributed by atoms with Crippen LogP contribution in [-0.4, -0.2) is 24.3 Å². The second-order valence-corrected chi connectivity index (χ2v) is 6.47. The van der Waals surface area contributed by atoms with Crippen LogP contribution in [0.4, 0.5) is 5.82 Å². The fourth-order valence-electron chi connectivity index (χ4n) is 2.61. The van der Waals surface area contributed by atoms with E-state index in [1.54, 1.807) is 24.4 Å². The first-order valence-corrected chi connectivity index (χ1v) is 9.44. The van der Waals surface area contributed by atoms with Gasteiger partial charge in [-0.25, -0.2) is 9.97 Å². The Balaban J connectivity index is 0.000000806. The second-order valence-electron chi connectivity index (χ2n) is 6.33. The van der Waals surface area contributed by atoms with Crippen molar-refractivity contribution in [2.45, 2.75) is 13.8 Å². The van der Waals surface area contributed by atoms with Gasteiger partial charge in [0.25, 0.3) is 5.91 Å². The van der Waals surface area contributed by atoms with Gasteiger partial charge in [0.05, 0.1) is 0 Å². The first kappa shape index (κ1) is 20.9. The van der Waals surface area contributed by atoms with Crippen LogP contribution in [0.25, 0.3) is 11.1 Å². The quantitative estimate of drug-likeness (QED) is 0.523. The summed E-state index contributed by atoms with van der Waals surface area (Å²) in [5.41, 5.74) is 3.58. The van der Waals surface area contributed by atoms with Gasteiger partial charge in [-0.2, -0.15) is 8.42 Å². The van der Waals surface area contributed by atoms with Gasteiger partial charge in [-0.15, -0.1) is 0 Å². The fraction of sp³-hybridized carbons (Fsp3) is 0.0952. The van der Waals surface area contributed by atoms with Crippen LogP contribution in [0.15, 0.2) is 65.5 Å². The summed E-state index contributed by atoms with van der Waals surface area (Å²) < 4.78 is 27.9. The number of carbonyl (C=O) groups excluding carboxylic acids is 1. The standard InChI is InChI=1S/C21H17N3O3.O2S/c1-13-3-6-16(7-4-13)27-18-10-15(9-17-20(18)26-12-23-17)21(25)24-19-8-5-14(2)11-22-19;1-3-2/h3-12H,1-2H3,(H,22,24,25);. The maximum Gasteiger partial charge on any atom is 0.335 e. The lowest BCUT2D eigenvalue weighted by Gasteiger charge is -2.09. The minimum absolute atomic E-state index is 0.301. The molecule has 0 saturated carbocycles. The number of aryl methyl sites for hydroxylation is 2. The summed E-state index contributed by atoms with van der Waals surface area (Å²) in [6, 6.07) is 14.6. The molecule has 0 radical (unpaired) electrons. The molecule has 2 heterocycles. The number of ether oxygens (including phenoxy) is 1. The molecule has 0 bridgehead atoms. The lowest BCUT2D eigenvalue weighted by molar-refractivity contribution is 0.102. The summed E-state index contributed by atoms with van der Waals surface area (Å²) in [6.45, 7) is 3.94. The zero-order valence-electron chi connectivity index (χ0n) is 16.1. The van der Waals surface area contributed by atoms with Gasteiger partial charge in [0.1, 0.15) is 17.1 Å². The van der Waals surface area contributed by atoms with E-state index in [0.29, 0.717) is 34.0 Å². The van der Waals surface area contributed by atoms with Crippen LogP contribution >= 0.6 is 0 Å². The highest BCUT2D eigenvalue weighted by molar-refractivity contribution is 7.51. The Hall–Kier alpha value is -3.85. The summed E-state index contributed by atoms with van der Waals surface area (Å²) in [5, 5.41) is 2.78. The number of nitrogens with one attached hydrogen (secondary N) is 1. The van der Waals surface area contributed by atoms with Crippen molar-refractivity contribution < 1.29 is 22.4 Å². The molecule has 0 saturated heterocycles. The van der Waals surface area contributed by atoms with E-state index in [4.69, 9.17) is 17.6 Å². The zero-order chi connectivity index (χ0) is 21.5. The number of anilines is 1. The van der Waals surface area contributed by atoms with Gasteiger partial charge in [0.15, 0.2) is 17.7 Å². The van der Waals surface area contributed by atoms with Crippen molar-refractivity contribution in [3.05, 3.63) is 77.8 Å². The monoisotopic (exact) mass is 423 g/mol. The minimum Gasteiger partial charge on any atom is -0.453 e. The van der Waals surface area contributed by atoms with Crippen molar-refractivity contribution >= 4 is 34.4 Å². The first-order chi connectivity index (χ1) is 14.5. The molecule has 0 spiro atoms. The molecule has 9 heteroatoms. The SMILES string of the molecule is Cc1ccc(Oc2cc(C(=O)Nc3ccc(C)cn3)cc3ncoc23)cc1.O=S=O. The van der Waals surface area contributed by atoms with Gasteiger partial charge in [-0.1, -0.05) is 23.8 Å². The summed E-state index contributed by atoms with van der Waals surface area (Å²) in [4.78, 5) is 21.0. The zero-order valence-corrected chi connectivity index (χ0v) is 16.9. The third-order valence-electron chi connectivity index (χ3n) is 4.06. The largest absolute Gasteiger partial charge is 0.453 e. The van der Waals surface area contributed by atoms with Crippen molar-refractivity contribution in [1.29, 1.82) is 0 Å². The molecular formula is C21H17N3O5S. The predicted molar refractivity (Wildman–Crippen MR) is 111 cm³/mol. The molecule has 0 unspecified atom stereocenters. The van der Waals surface area contributed by atoms with E-state index in [1.165, 1.54) is 6.39 Å². The number of hydrogen-bond acceptors (Lipinski definition) is 7. The number of amides is 1. The highest BCUT2D eigenvalue weighted by atomic mass is 32.1. The van der Waals surface area contributed by atoms with Crippen LogP contribution in [0.5, 0.6) is 11.5 Å². The van der Waals surface area contributed by atoms with E-state index in [9.17, 15) is 4.79 Å². The number of nitrogens with zero attached hydrogens (tertiary/aromatic N) is 2. The molecule has 1 amide bonds. The molecule has 0 atom stereocenters. The Bertz CT molecular complexity index is 1200. The topological polar surface area (TPSA) is 111 Å². The molecule has 0 aliphatic heterocycles. The molecule has 30 heavy (non-hydrogen) atoms. The van der Waals surface area contributed by atoms with Crippen LogP contribution in [0.3, 0.4) is 0 Å². The minimum atomic E-state index is -0.750. The fourth-order valence-corrected chi connectivity index (χ4v) is 2.61. The molecule has 8 nitrogen and oxygen atoms in total. The Morgan fingerprint density at radius 1 is 1.00 bits per heavy atom. The summed E-state index contributed by atoms with van der Waals surface area (Å²) in [6.07, 6.45) is 3.03. The molecule has 0 aliphatic rings. The lowest BCUT2D eigenvalue weighted by atomic mass is 10.1. The van der Waals surface area contributed by atoms with Crippen molar-refractivity contribution in [1.82, 2.24) is 9.97 Å². The molecule has 152 valence electrons. The van der Waals surface area contributed by atoms with Gasteiger partial charge >= 0.3 is 11.6 Å². The Morgan fingerprint density at radius 2 is 1.70 bits per heavy atom. The third-order valence-corrected chi connectivity index (χ3v) is 4.06. The van der Waals surface area contributed by atoms with Gasteiger partial charge < -0.3 is 14.5 Å². The summed E-state index contributed by atoms with van der Waals surface area (Å²) in [5.74, 6) is 1.25. The Kier molecular flexibility index (Phi) is 6.66. The van der Waals surface area contributed by atoms with Crippen molar-refractivity contribution in [3.63, 3.8) is 0 Å². The number of oxazole rings is 1. The normalized spacial score (nSPS) is 10.1. The molecular weight excluding hydrogens is 406 g/mol. The van der Waals surface area contributed by atoms with Gasteiger partial charge in [0.2, 0.25) is 0 Å². The number of pyridine rings is 1. The van der Waals surface area contributed by atoms with E-state index < -0.39 is 11.6 Å². The van der Waals surface area contributed by atoms with Gasteiger partial charge in [-0.3, -0.25) is 4.79 Å². The molecule has 4 rings (SSSR count). The molecule has 2 aromatic carbocycles. The molecule has 0 aliphatic carbocycles.